The van der Waals surface area contributed by atoms with Crippen molar-refractivity contribution < 1.29 is 105 Å². The minimum atomic E-state index is -4.85. The van der Waals surface area contributed by atoms with Gasteiger partial charge in [0.25, 0.3) is 17.7 Å². The lowest BCUT2D eigenvalue weighted by molar-refractivity contribution is -0.197. The summed E-state index contributed by atoms with van der Waals surface area (Å²) in [7, 11) is 0. The first kappa shape index (κ1) is 98.9. The van der Waals surface area contributed by atoms with E-state index in [2.05, 4.69) is 51.3 Å². The lowest BCUT2D eigenvalue weighted by Crippen LogP contribution is -2.67. The number of carbonyl (C=O) groups excluding carboxylic acids is 7. The average Bonchev–Trinajstić information content (AvgIpc) is 1.62. The highest BCUT2D eigenvalue weighted by Gasteiger charge is 2.60. The monoisotopic (exact) mass is 1890 g/mol. The van der Waals surface area contributed by atoms with E-state index in [1.807, 2.05) is 18.2 Å². The Labute approximate surface area is 763 Å². The van der Waals surface area contributed by atoms with Crippen LogP contribution in [0, 0.1) is 51.4 Å². The number of pyridine rings is 3. The van der Waals surface area contributed by atoms with Crippen LogP contribution in [0.1, 0.15) is 186 Å². The molecule has 6 N–H and O–H groups in total. The van der Waals surface area contributed by atoms with Crippen molar-refractivity contribution in [3.05, 3.63) is 183 Å². The molecule has 0 unspecified atom stereocenters. The Bertz CT molecular complexity index is 6200. The Hall–Kier alpha value is -14.1. The number of piperidine rings is 3. The molecule has 12 heterocycles. The van der Waals surface area contributed by atoms with Crippen molar-refractivity contribution in [3.63, 3.8) is 0 Å². The Morgan fingerprint density at radius 3 is 1.28 bits per heavy atom. The number of halogens is 13. The number of nitrogens with one attached hydrogen (secondary N) is 4. The number of rotatable bonds is 10. The van der Waals surface area contributed by atoms with E-state index in [1.54, 1.807) is 89.2 Å². The van der Waals surface area contributed by atoms with Gasteiger partial charge >= 0.3 is 42.9 Å². The quantitative estimate of drug-likeness (QED) is 0.0627. The lowest BCUT2D eigenvalue weighted by Gasteiger charge is -2.44. The number of nitrogens with zero attached hydrogens (tertiary/aromatic N) is 16. The summed E-state index contributed by atoms with van der Waals surface area (Å²) in [5.74, 6) is -3.02. The highest BCUT2D eigenvalue weighted by molar-refractivity contribution is 6.35. The van der Waals surface area contributed by atoms with E-state index in [9.17, 15) is 97.6 Å². The number of H-pyrrole nitrogens is 1. The van der Waals surface area contributed by atoms with Crippen LogP contribution in [0.4, 0.5) is 89.3 Å². The van der Waals surface area contributed by atoms with Gasteiger partial charge in [0.15, 0.2) is 22.7 Å². The normalized spacial score (nSPS) is 18.4. The molecule has 6 aliphatic heterocycles. The molecule has 3 saturated heterocycles. The van der Waals surface area contributed by atoms with Gasteiger partial charge in [-0.15, -0.1) is 0 Å². The van der Waals surface area contributed by atoms with E-state index in [0.29, 0.717) is 24.6 Å². The second-order valence-electron chi connectivity index (χ2n) is 36.1. The van der Waals surface area contributed by atoms with Gasteiger partial charge < -0.3 is 55.3 Å². The minimum Gasteiger partial charge on any atom is -0.444 e. The van der Waals surface area contributed by atoms with Crippen LogP contribution >= 0.6 is 11.6 Å². The molecule has 32 nitrogen and oxygen atoms in total. The number of aromatic nitrogens is 9. The number of ether oxygens (including phenoxy) is 4. The molecule has 45 heteroatoms. The average molecular weight is 1890 g/mol. The van der Waals surface area contributed by atoms with Crippen LogP contribution in [0.25, 0.3) is 45.1 Å². The van der Waals surface area contributed by atoms with Crippen molar-refractivity contribution >= 4 is 71.1 Å². The maximum atomic E-state index is 15.2. The van der Waals surface area contributed by atoms with Crippen LogP contribution in [0.5, 0.6) is 0 Å². The fourth-order valence-corrected chi connectivity index (χ4v) is 15.8. The molecule has 0 bridgehead atoms. The van der Waals surface area contributed by atoms with Gasteiger partial charge in [-0.2, -0.15) is 70.6 Å². The third-order valence-corrected chi connectivity index (χ3v) is 21.8. The number of hydrogen-bond acceptors (Lipinski definition) is 24. The van der Waals surface area contributed by atoms with Gasteiger partial charge in [-0.1, -0.05) is 29.8 Å². The van der Waals surface area contributed by atoms with Crippen LogP contribution < -0.4 is 36.4 Å². The third-order valence-electron chi connectivity index (χ3n) is 21.5. The predicted molar refractivity (Wildman–Crippen MR) is 458 cm³/mol. The van der Waals surface area contributed by atoms with Crippen molar-refractivity contribution in [1.82, 2.24) is 70.5 Å². The Balaban J connectivity index is 0.000000168. The largest absolute Gasteiger partial charge is 0.444 e. The van der Waals surface area contributed by atoms with Crippen molar-refractivity contribution in [2.75, 3.05) is 54.0 Å². The molecule has 6 aliphatic rings. The van der Waals surface area contributed by atoms with E-state index in [4.69, 9.17) is 36.3 Å². The highest BCUT2D eigenvalue weighted by atomic mass is 35.5. The second kappa shape index (κ2) is 37.5. The van der Waals surface area contributed by atoms with E-state index >= 15 is 4.39 Å². The summed E-state index contributed by atoms with van der Waals surface area (Å²) in [6.07, 6.45) is -13.9. The lowest BCUT2D eigenvalue weighted by atomic mass is 9.88. The summed E-state index contributed by atoms with van der Waals surface area (Å²) in [5.41, 5.74) is -3.91. The SMILES string of the molecule is CC(C)(C)OC(=O)N1Cc2nc(-c3c(F)cccc3C#N)cc(Cl)c2C1=O.CC(C)(C)OC(=O)N[C@]1(C(F)(F)F)CCCN(c2ccn(-c3cc(-c4c(F)cccc4C#N)nc4c3C(=O)N(C(=O)OC(C)(C)C)C4)n2)C1.CC(C)(C)OC(=O)N[C@]1(C(F)(F)F)CCCN(c2ccn[nH]2)C1.N#Cc1cccc(F)c1-c1cc(-n2ccc(N3CCC[C@](N)(C(F)(F)F)C3)n2)c2c(n1)CNC2=O. The number of nitriles is 3. The number of imide groups is 2. The molecule has 3 fully saturated rings. The summed E-state index contributed by atoms with van der Waals surface area (Å²) in [5, 5.41) is 50.5. The summed E-state index contributed by atoms with van der Waals surface area (Å²) in [4.78, 5) is 108. The molecule has 0 spiro atoms. The predicted octanol–water partition coefficient (Wildman–Crippen LogP) is 16.4. The van der Waals surface area contributed by atoms with Crippen LogP contribution in [0.15, 0.2) is 110 Å². The molecule has 708 valence electrons. The van der Waals surface area contributed by atoms with Gasteiger partial charge in [-0.05, 0) is 176 Å². The maximum Gasteiger partial charge on any atom is 0.417 e. The first-order chi connectivity index (χ1) is 62.5. The van der Waals surface area contributed by atoms with Crippen LogP contribution in [0.2, 0.25) is 5.02 Å². The molecule has 0 saturated carbocycles. The van der Waals surface area contributed by atoms with Gasteiger partial charge in [0.2, 0.25) is 0 Å². The zero-order valence-electron chi connectivity index (χ0n) is 74.1. The summed E-state index contributed by atoms with van der Waals surface area (Å²) < 4.78 is 193. The number of alkyl halides is 9. The van der Waals surface area contributed by atoms with Gasteiger partial charge in [0.05, 0.1) is 158 Å². The van der Waals surface area contributed by atoms with Crippen molar-refractivity contribution in [1.29, 1.82) is 15.8 Å². The first-order valence-corrected chi connectivity index (χ1v) is 42.0. The van der Waals surface area contributed by atoms with Crippen molar-refractivity contribution in [2.24, 2.45) is 5.73 Å². The number of anilines is 3. The molecule has 0 radical (unpaired) electrons. The third kappa shape index (κ3) is 21.6. The molecule has 6 aromatic heterocycles. The standard InChI is InChI=1S/C33H35F4N7O5.C23H19F4N7O.C19H15ClFN3O3.C14H21F3N4O2/c1-30(2,3)48-28(46)40-32(33(35,36)37)12-8-13-42(18-32)24-11-14-44(41-24)23-15-21(25-19(16-38)9-7-10-20(25)34)39-22-17-43(27(45)26(22)23)29(47)49-31(4,5)6;24-14-4-1-3-13(10-28)19(14)15-9-17(20-16(31-15)11-30-21(20)35)34-8-5-18(32-34)33-7-2-6-22(29,12-33)23(25,26)27;1-19(2,3)27-18(26)24-9-14-16(17(24)25)11(20)7-13(23-14)15-10(8-22)5-4-6-12(15)21;1-12(2,3)23-11(22)19-13(14(15,16)17)6-4-8-21(9-13)10-5-7-18-20-10/h7,9-11,14-15H,8,12-13,17-18H2,1-6H3,(H,40,46);1,3-5,8-9H,2,6-7,11-12,29H2,(H,30,35);4-7H,9H2,1-3H3;5,7H,4,6,8-9H2,1-3H3,(H,18,20)(H,19,22)/t32-;22-;;13-/m11.1/s1. The van der Waals surface area contributed by atoms with Gasteiger partial charge in [0, 0.05) is 56.8 Å². The smallest absolute Gasteiger partial charge is 0.417 e. The molecular formula is C89H90ClF12N21O11. The molecule has 9 aromatic rings. The van der Waals surface area contributed by atoms with E-state index < -0.39 is 143 Å². The molecule has 0 aliphatic carbocycles. The zero-order chi connectivity index (χ0) is 98.3. The van der Waals surface area contributed by atoms with E-state index in [1.165, 1.54) is 122 Å². The minimum absolute atomic E-state index is 0.00660. The van der Waals surface area contributed by atoms with Crippen LogP contribution in [-0.2, 0) is 38.6 Å². The number of nitrogens with two attached hydrogens (primary N) is 1. The van der Waals surface area contributed by atoms with Gasteiger partial charge in [-0.25, -0.2) is 66.5 Å². The first-order valence-electron chi connectivity index (χ1n) is 41.6. The Morgan fingerprint density at radius 1 is 0.485 bits per heavy atom. The number of carbonyl (C=O) groups is 7. The molecule has 15 rings (SSSR count). The topological polar surface area (TPSA) is 409 Å². The van der Waals surface area contributed by atoms with Crippen molar-refractivity contribution in [3.8, 4) is 63.4 Å². The zero-order valence-corrected chi connectivity index (χ0v) is 74.9. The van der Waals surface area contributed by atoms with Crippen LogP contribution in [-0.4, -0.2) is 193 Å². The van der Waals surface area contributed by atoms with Gasteiger partial charge in [0.1, 0.15) is 51.2 Å². The maximum absolute atomic E-state index is 15.2. The number of fused-ring (bicyclic) bond motifs is 3. The number of aromatic amines is 1. The summed E-state index contributed by atoms with van der Waals surface area (Å²) in [6, 6.07) is 26.5. The molecule has 3 atom stereocenters. The second-order valence-corrected chi connectivity index (χ2v) is 36.5. The fraction of sp³-hybridized carbons (Fsp3) is 0.416. The summed E-state index contributed by atoms with van der Waals surface area (Å²) in [6.45, 7) is 18.4. The van der Waals surface area contributed by atoms with E-state index in [0.717, 1.165) is 15.9 Å². The Morgan fingerprint density at radius 2 is 0.873 bits per heavy atom. The fourth-order valence-electron chi connectivity index (χ4n) is 15.6. The number of alkyl carbamates (subject to hydrolysis) is 2. The molecule has 7 amide bonds. The van der Waals surface area contributed by atoms with Crippen molar-refractivity contribution in [2.45, 2.75) is 199 Å². The summed E-state index contributed by atoms with van der Waals surface area (Å²) >= 11 is 6.23. The van der Waals surface area contributed by atoms with Gasteiger partial charge in [-0.3, -0.25) is 19.5 Å². The van der Waals surface area contributed by atoms with Crippen LogP contribution in [0.3, 0.4) is 0 Å². The molecule has 3 aromatic carbocycles. The van der Waals surface area contributed by atoms with E-state index in [-0.39, 0.29) is 165 Å². The number of benzene rings is 3. The highest BCUT2D eigenvalue weighted by Crippen LogP contribution is 2.45. The molecule has 134 heavy (non-hydrogen) atoms. The molecular weight excluding hydrogens is 1800 g/mol. The Kier molecular flexibility index (Phi) is 27.7. The number of hydrogen-bond donors (Lipinski definition) is 5. The number of amides is 7.